The van der Waals surface area contributed by atoms with Gasteiger partial charge in [0.05, 0.1) is 0 Å². The van der Waals surface area contributed by atoms with Gasteiger partial charge >= 0.3 is 0 Å². The van der Waals surface area contributed by atoms with Crippen LogP contribution in [-0.2, 0) is 0 Å². The average Bonchev–Trinajstić information content (AvgIpc) is 2.02. The van der Waals surface area contributed by atoms with Crippen LogP contribution in [0.4, 0.5) is 0 Å². The molecular weight excluding hydrogens is 150 g/mol. The Morgan fingerprint density at radius 3 is 2.42 bits per heavy atom. The fourth-order valence-electron chi connectivity index (χ4n) is 1.63. The van der Waals surface area contributed by atoms with Gasteiger partial charge in [-0.15, -0.1) is 0 Å². The SMILES string of the molecule is NCCCN1CCCNCCC1. The third-order valence-electron chi connectivity index (χ3n) is 2.33. The number of rotatable bonds is 3. The van der Waals surface area contributed by atoms with E-state index in [1.807, 2.05) is 0 Å². The first kappa shape index (κ1) is 9.96. The third-order valence-corrected chi connectivity index (χ3v) is 2.33. The molecule has 0 saturated carbocycles. The summed E-state index contributed by atoms with van der Waals surface area (Å²) in [4.78, 5) is 2.54. The number of nitrogens with zero attached hydrogens (tertiary/aromatic N) is 1. The van der Waals surface area contributed by atoms with Gasteiger partial charge in [0.1, 0.15) is 0 Å². The summed E-state index contributed by atoms with van der Waals surface area (Å²) in [5.41, 5.74) is 5.48. The molecule has 0 amide bonds. The van der Waals surface area contributed by atoms with E-state index in [2.05, 4.69) is 10.2 Å². The zero-order chi connectivity index (χ0) is 8.65. The zero-order valence-electron chi connectivity index (χ0n) is 7.89. The molecule has 0 aliphatic carbocycles. The van der Waals surface area contributed by atoms with E-state index in [0.29, 0.717) is 0 Å². The lowest BCUT2D eigenvalue weighted by Crippen LogP contribution is -2.35. The second-order valence-corrected chi connectivity index (χ2v) is 3.44. The van der Waals surface area contributed by atoms with Crippen molar-refractivity contribution in [3.63, 3.8) is 0 Å². The summed E-state index contributed by atoms with van der Waals surface area (Å²) in [6.07, 6.45) is 3.71. The first-order valence-corrected chi connectivity index (χ1v) is 5.06. The van der Waals surface area contributed by atoms with Gasteiger partial charge in [-0.2, -0.15) is 0 Å². The van der Waals surface area contributed by atoms with Crippen molar-refractivity contribution in [3.8, 4) is 0 Å². The van der Waals surface area contributed by atoms with Crippen molar-refractivity contribution in [1.82, 2.24) is 10.2 Å². The molecule has 0 spiro atoms. The Morgan fingerprint density at radius 1 is 1.17 bits per heavy atom. The van der Waals surface area contributed by atoms with Gasteiger partial charge in [0.15, 0.2) is 0 Å². The van der Waals surface area contributed by atoms with Gasteiger partial charge in [-0.1, -0.05) is 0 Å². The molecular formula is C9H21N3. The summed E-state index contributed by atoms with van der Waals surface area (Å²) in [6, 6.07) is 0. The second-order valence-electron chi connectivity index (χ2n) is 3.44. The Balaban J connectivity index is 2.11. The van der Waals surface area contributed by atoms with E-state index in [4.69, 9.17) is 5.73 Å². The van der Waals surface area contributed by atoms with Gasteiger partial charge in [0.25, 0.3) is 0 Å². The van der Waals surface area contributed by atoms with E-state index < -0.39 is 0 Å². The maximum absolute atomic E-state index is 5.48. The van der Waals surface area contributed by atoms with Crippen molar-refractivity contribution >= 4 is 0 Å². The molecule has 72 valence electrons. The molecule has 0 bridgehead atoms. The number of hydrogen-bond acceptors (Lipinski definition) is 3. The summed E-state index contributed by atoms with van der Waals surface area (Å²) in [6.45, 7) is 6.86. The molecule has 3 N–H and O–H groups in total. The van der Waals surface area contributed by atoms with Gasteiger partial charge in [0, 0.05) is 0 Å². The molecule has 0 aromatic rings. The molecule has 1 saturated heterocycles. The lowest BCUT2D eigenvalue weighted by Gasteiger charge is -2.24. The highest BCUT2D eigenvalue weighted by atomic mass is 15.1. The molecule has 3 heteroatoms. The van der Waals surface area contributed by atoms with E-state index in [9.17, 15) is 0 Å². The summed E-state index contributed by atoms with van der Waals surface area (Å²) < 4.78 is 0. The predicted molar refractivity (Wildman–Crippen MR) is 52.2 cm³/mol. The predicted octanol–water partition coefficient (Wildman–Crippen LogP) is 0.0206. The number of nitrogens with two attached hydrogens (primary N) is 1. The van der Waals surface area contributed by atoms with E-state index in [0.717, 1.165) is 13.0 Å². The minimum Gasteiger partial charge on any atom is -0.330 e. The minimum atomic E-state index is 0.828. The standard InChI is InChI=1S/C9H21N3/c10-4-1-7-12-8-2-5-11-6-3-9-12/h11H,1-10H2. The van der Waals surface area contributed by atoms with Crippen LogP contribution in [-0.4, -0.2) is 44.2 Å². The van der Waals surface area contributed by atoms with Crippen LogP contribution in [0.15, 0.2) is 0 Å². The normalized spacial score (nSPS) is 21.8. The largest absolute Gasteiger partial charge is 0.330 e. The maximum atomic E-state index is 5.48. The first-order valence-electron chi connectivity index (χ1n) is 5.06. The van der Waals surface area contributed by atoms with E-state index in [1.165, 1.54) is 45.6 Å². The van der Waals surface area contributed by atoms with Crippen molar-refractivity contribution in [2.75, 3.05) is 39.3 Å². The van der Waals surface area contributed by atoms with Crippen molar-refractivity contribution in [3.05, 3.63) is 0 Å². The van der Waals surface area contributed by atoms with Gasteiger partial charge in [0.2, 0.25) is 0 Å². The number of hydrogen-bond donors (Lipinski definition) is 2. The zero-order valence-corrected chi connectivity index (χ0v) is 7.89. The lowest BCUT2D eigenvalue weighted by atomic mass is 10.2. The Bertz CT molecular complexity index is 95.2. The highest BCUT2D eigenvalue weighted by molar-refractivity contribution is 4.64. The van der Waals surface area contributed by atoms with Crippen LogP contribution in [0, 0.1) is 0 Å². The Morgan fingerprint density at radius 2 is 1.83 bits per heavy atom. The molecule has 0 atom stereocenters. The van der Waals surface area contributed by atoms with Crippen molar-refractivity contribution in [1.29, 1.82) is 0 Å². The fourth-order valence-corrected chi connectivity index (χ4v) is 1.63. The van der Waals surface area contributed by atoms with E-state index in [1.54, 1.807) is 0 Å². The quantitative estimate of drug-likeness (QED) is 0.629. The highest BCUT2D eigenvalue weighted by Crippen LogP contribution is 1.97. The van der Waals surface area contributed by atoms with Crippen molar-refractivity contribution in [2.45, 2.75) is 19.3 Å². The molecule has 0 aromatic heterocycles. The smallest absolute Gasteiger partial charge is 0.000662 e. The maximum Gasteiger partial charge on any atom is -0.000662 e. The summed E-state index contributed by atoms with van der Waals surface area (Å²) >= 11 is 0. The molecule has 0 unspecified atom stereocenters. The topological polar surface area (TPSA) is 41.3 Å². The Hall–Kier alpha value is -0.120. The van der Waals surface area contributed by atoms with Crippen LogP contribution >= 0.6 is 0 Å². The van der Waals surface area contributed by atoms with Gasteiger partial charge in [-0.3, -0.25) is 0 Å². The molecule has 1 rings (SSSR count). The van der Waals surface area contributed by atoms with Gasteiger partial charge in [-0.05, 0) is 58.5 Å². The molecule has 1 fully saturated rings. The monoisotopic (exact) mass is 171 g/mol. The molecule has 0 radical (unpaired) electrons. The Kier molecular flexibility index (Phi) is 5.32. The fraction of sp³-hybridized carbons (Fsp3) is 1.00. The summed E-state index contributed by atoms with van der Waals surface area (Å²) in [5, 5.41) is 3.41. The van der Waals surface area contributed by atoms with Crippen LogP contribution in [0.1, 0.15) is 19.3 Å². The molecule has 1 aliphatic heterocycles. The van der Waals surface area contributed by atoms with Gasteiger partial charge in [-0.25, -0.2) is 0 Å². The van der Waals surface area contributed by atoms with Crippen molar-refractivity contribution < 1.29 is 0 Å². The molecule has 1 heterocycles. The van der Waals surface area contributed by atoms with Crippen LogP contribution in [0.3, 0.4) is 0 Å². The number of nitrogens with one attached hydrogen (secondary N) is 1. The van der Waals surface area contributed by atoms with Gasteiger partial charge < -0.3 is 16.0 Å². The summed E-state index contributed by atoms with van der Waals surface area (Å²) in [5.74, 6) is 0. The molecule has 3 nitrogen and oxygen atoms in total. The molecule has 0 aromatic carbocycles. The summed E-state index contributed by atoms with van der Waals surface area (Å²) in [7, 11) is 0. The van der Waals surface area contributed by atoms with E-state index >= 15 is 0 Å². The van der Waals surface area contributed by atoms with Crippen LogP contribution in [0.5, 0.6) is 0 Å². The van der Waals surface area contributed by atoms with Crippen molar-refractivity contribution in [2.24, 2.45) is 5.73 Å². The average molecular weight is 171 g/mol. The lowest BCUT2D eigenvalue weighted by molar-refractivity contribution is 0.251. The van der Waals surface area contributed by atoms with E-state index in [-0.39, 0.29) is 0 Å². The Labute approximate surface area is 75.3 Å². The van der Waals surface area contributed by atoms with Crippen LogP contribution in [0.2, 0.25) is 0 Å². The second kappa shape index (κ2) is 6.40. The highest BCUT2D eigenvalue weighted by Gasteiger charge is 2.05. The molecule has 1 aliphatic rings. The third kappa shape index (κ3) is 4.04. The van der Waals surface area contributed by atoms with Crippen LogP contribution in [0.25, 0.3) is 0 Å². The van der Waals surface area contributed by atoms with Crippen LogP contribution < -0.4 is 11.1 Å². The first-order chi connectivity index (χ1) is 5.93. The minimum absolute atomic E-state index is 0.828. The molecule has 12 heavy (non-hydrogen) atoms.